The maximum Gasteiger partial charge on any atom is 0.257 e. The molecule has 0 saturated carbocycles. The molecule has 0 aliphatic carbocycles. The number of fused-ring (bicyclic) bond motifs is 1. The highest BCUT2D eigenvalue weighted by molar-refractivity contribution is 5.77. The quantitative estimate of drug-likeness (QED) is 0.211. The van der Waals surface area contributed by atoms with Crippen molar-refractivity contribution in [1.82, 2.24) is 14.9 Å². The summed E-state index contributed by atoms with van der Waals surface area (Å²) in [4.78, 5) is 17.2. The zero-order valence-corrected chi connectivity index (χ0v) is 23.0. The molecule has 0 spiro atoms. The summed E-state index contributed by atoms with van der Waals surface area (Å²) in [6.07, 6.45) is 2.67. The van der Waals surface area contributed by atoms with Crippen molar-refractivity contribution < 1.29 is 14.3 Å². The minimum absolute atomic E-state index is 0.0124. The van der Waals surface area contributed by atoms with Crippen LogP contribution in [0.4, 0.5) is 0 Å². The molecule has 200 valence electrons. The molecule has 0 fully saturated rings. The van der Waals surface area contributed by atoms with E-state index in [0.717, 1.165) is 58.7 Å². The predicted molar refractivity (Wildman–Crippen MR) is 153 cm³/mol. The number of carbonyl (C=O) groups excluding carboxylic acids is 1. The molecule has 3 aromatic carbocycles. The number of aromatic nitrogens is 2. The SMILES string of the molecule is CCC(C)c1ccc(OCCn2c(CCCNC(=O)COc3cc(C)ccc3C)nc3ccccc32)cc1. The summed E-state index contributed by atoms with van der Waals surface area (Å²) in [6, 6.07) is 22.6. The minimum atomic E-state index is -0.118. The van der Waals surface area contributed by atoms with Crippen molar-refractivity contribution in [2.75, 3.05) is 19.8 Å². The normalized spacial score (nSPS) is 11.9. The van der Waals surface area contributed by atoms with Gasteiger partial charge >= 0.3 is 0 Å². The fraction of sp³-hybridized carbons (Fsp3) is 0.375. The molecular weight excluding hydrogens is 474 g/mol. The number of hydrogen-bond donors (Lipinski definition) is 1. The highest BCUT2D eigenvalue weighted by Crippen LogP contribution is 2.22. The van der Waals surface area contributed by atoms with Gasteiger partial charge in [0.1, 0.15) is 23.9 Å². The summed E-state index contributed by atoms with van der Waals surface area (Å²) in [5, 5.41) is 2.97. The second-order valence-electron chi connectivity index (χ2n) is 9.91. The Bertz CT molecular complexity index is 1340. The molecule has 6 heteroatoms. The Kier molecular flexibility index (Phi) is 9.41. The van der Waals surface area contributed by atoms with Gasteiger partial charge < -0.3 is 19.4 Å². The number of nitrogens with one attached hydrogen (secondary N) is 1. The van der Waals surface area contributed by atoms with E-state index >= 15 is 0 Å². The number of ether oxygens (including phenoxy) is 2. The van der Waals surface area contributed by atoms with Gasteiger partial charge in [-0.1, -0.05) is 50.2 Å². The van der Waals surface area contributed by atoms with Gasteiger partial charge in [0.15, 0.2) is 6.61 Å². The largest absolute Gasteiger partial charge is 0.492 e. The van der Waals surface area contributed by atoms with Crippen LogP contribution in [0.1, 0.15) is 55.1 Å². The van der Waals surface area contributed by atoms with E-state index in [9.17, 15) is 4.79 Å². The average Bonchev–Trinajstić information content (AvgIpc) is 3.28. The second-order valence-corrected chi connectivity index (χ2v) is 9.91. The highest BCUT2D eigenvalue weighted by Gasteiger charge is 2.11. The summed E-state index contributed by atoms with van der Waals surface area (Å²) in [7, 11) is 0. The third kappa shape index (κ3) is 7.15. The van der Waals surface area contributed by atoms with Crippen LogP contribution in [0.15, 0.2) is 66.7 Å². The molecule has 4 rings (SSSR count). The first-order chi connectivity index (χ1) is 18.4. The molecule has 38 heavy (non-hydrogen) atoms. The van der Waals surface area contributed by atoms with Gasteiger partial charge in [0.05, 0.1) is 17.6 Å². The number of benzene rings is 3. The first kappa shape index (κ1) is 27.2. The van der Waals surface area contributed by atoms with Crippen molar-refractivity contribution in [1.29, 1.82) is 0 Å². The molecule has 0 bridgehead atoms. The van der Waals surface area contributed by atoms with E-state index < -0.39 is 0 Å². The molecule has 1 amide bonds. The molecular formula is C32H39N3O3. The monoisotopic (exact) mass is 513 g/mol. The third-order valence-electron chi connectivity index (χ3n) is 6.98. The van der Waals surface area contributed by atoms with Crippen molar-refractivity contribution in [3.63, 3.8) is 0 Å². The molecule has 6 nitrogen and oxygen atoms in total. The van der Waals surface area contributed by atoms with E-state index in [4.69, 9.17) is 14.5 Å². The molecule has 0 radical (unpaired) electrons. The summed E-state index contributed by atoms with van der Waals surface area (Å²) in [6.45, 7) is 10.3. The van der Waals surface area contributed by atoms with E-state index in [-0.39, 0.29) is 12.5 Å². The maximum absolute atomic E-state index is 12.3. The zero-order valence-electron chi connectivity index (χ0n) is 23.0. The average molecular weight is 514 g/mol. The molecule has 1 N–H and O–H groups in total. The number of para-hydroxylation sites is 2. The Morgan fingerprint density at radius 3 is 2.61 bits per heavy atom. The van der Waals surface area contributed by atoms with Crippen LogP contribution in [0.5, 0.6) is 11.5 Å². The first-order valence-electron chi connectivity index (χ1n) is 13.6. The van der Waals surface area contributed by atoms with Crippen molar-refractivity contribution in [2.24, 2.45) is 0 Å². The molecule has 1 atom stereocenters. The summed E-state index contributed by atoms with van der Waals surface area (Å²) in [5.41, 5.74) is 5.55. The van der Waals surface area contributed by atoms with Gasteiger partial charge in [0.2, 0.25) is 0 Å². The van der Waals surface area contributed by atoms with Crippen LogP contribution >= 0.6 is 0 Å². The summed E-state index contributed by atoms with van der Waals surface area (Å²) in [5.74, 6) is 3.07. The van der Waals surface area contributed by atoms with Crippen LogP contribution in [0.3, 0.4) is 0 Å². The third-order valence-corrected chi connectivity index (χ3v) is 6.98. The smallest absolute Gasteiger partial charge is 0.257 e. The number of carbonyl (C=O) groups is 1. The molecule has 1 aromatic heterocycles. The zero-order chi connectivity index (χ0) is 26.9. The van der Waals surface area contributed by atoms with Gasteiger partial charge in [0.25, 0.3) is 5.91 Å². The Hall–Kier alpha value is -3.80. The Morgan fingerprint density at radius 2 is 1.82 bits per heavy atom. The van der Waals surface area contributed by atoms with Gasteiger partial charge in [-0.15, -0.1) is 0 Å². The second kappa shape index (κ2) is 13.1. The summed E-state index contributed by atoms with van der Waals surface area (Å²) < 4.78 is 14.0. The van der Waals surface area contributed by atoms with Crippen molar-refractivity contribution in [3.05, 3.63) is 89.2 Å². The van der Waals surface area contributed by atoms with Gasteiger partial charge in [0, 0.05) is 13.0 Å². The van der Waals surface area contributed by atoms with Crippen LogP contribution in [0.25, 0.3) is 11.0 Å². The molecule has 0 aliphatic heterocycles. The summed E-state index contributed by atoms with van der Waals surface area (Å²) >= 11 is 0. The Balaban J connectivity index is 1.28. The van der Waals surface area contributed by atoms with Gasteiger partial charge in [-0.25, -0.2) is 4.98 Å². The molecule has 0 saturated heterocycles. The molecule has 0 aliphatic rings. The number of rotatable bonds is 13. The van der Waals surface area contributed by atoms with Crippen molar-refractivity contribution in [2.45, 2.75) is 59.4 Å². The Morgan fingerprint density at radius 1 is 1.03 bits per heavy atom. The maximum atomic E-state index is 12.3. The van der Waals surface area contributed by atoms with E-state index in [1.807, 2.05) is 50.2 Å². The number of aryl methyl sites for hydroxylation is 3. The van der Waals surface area contributed by atoms with E-state index in [1.54, 1.807) is 0 Å². The topological polar surface area (TPSA) is 65.4 Å². The molecule has 1 heterocycles. The lowest BCUT2D eigenvalue weighted by Crippen LogP contribution is -2.30. The van der Waals surface area contributed by atoms with Crippen LogP contribution in [0, 0.1) is 13.8 Å². The van der Waals surface area contributed by atoms with Crippen LogP contribution in [0.2, 0.25) is 0 Å². The van der Waals surface area contributed by atoms with Crippen LogP contribution < -0.4 is 14.8 Å². The lowest BCUT2D eigenvalue weighted by molar-refractivity contribution is -0.123. The van der Waals surface area contributed by atoms with E-state index in [0.29, 0.717) is 25.6 Å². The lowest BCUT2D eigenvalue weighted by atomic mass is 9.99. The number of amides is 1. The first-order valence-corrected chi connectivity index (χ1v) is 13.6. The minimum Gasteiger partial charge on any atom is -0.492 e. The molecule has 4 aromatic rings. The number of nitrogens with zero attached hydrogens (tertiary/aromatic N) is 2. The number of hydrogen-bond acceptors (Lipinski definition) is 4. The van der Waals surface area contributed by atoms with Crippen molar-refractivity contribution in [3.8, 4) is 11.5 Å². The number of imidazole rings is 1. The fourth-order valence-electron chi connectivity index (χ4n) is 4.48. The predicted octanol–water partition coefficient (Wildman–Crippen LogP) is 6.37. The van der Waals surface area contributed by atoms with Crippen molar-refractivity contribution >= 4 is 16.9 Å². The van der Waals surface area contributed by atoms with E-state index in [2.05, 4.69) is 54.1 Å². The lowest BCUT2D eigenvalue weighted by Gasteiger charge is -2.13. The highest BCUT2D eigenvalue weighted by atomic mass is 16.5. The van der Waals surface area contributed by atoms with Crippen LogP contribution in [-0.2, 0) is 17.8 Å². The van der Waals surface area contributed by atoms with E-state index in [1.165, 1.54) is 5.56 Å². The van der Waals surface area contributed by atoms with Gasteiger partial charge in [-0.3, -0.25) is 4.79 Å². The van der Waals surface area contributed by atoms with Crippen LogP contribution in [-0.4, -0.2) is 35.2 Å². The standard InChI is InChI=1S/C32H39N3O3/c1-5-24(3)26-14-16-27(17-15-26)37-20-19-35-29-10-7-6-9-28(29)34-31(35)11-8-18-33-32(36)22-38-30-21-23(2)12-13-25(30)4/h6-7,9-10,12-17,21,24H,5,8,11,18-20,22H2,1-4H3,(H,33,36). The Labute approximate surface area is 226 Å². The van der Waals surface area contributed by atoms with Gasteiger partial charge in [-0.2, -0.15) is 0 Å². The molecule has 1 unspecified atom stereocenters. The fourth-order valence-corrected chi connectivity index (χ4v) is 4.48. The van der Waals surface area contributed by atoms with Gasteiger partial charge in [-0.05, 0) is 79.6 Å².